The monoisotopic (exact) mass is 200 g/mol. The fraction of sp³-hybridized carbons (Fsp3) is 0.600. The Kier molecular flexibility index (Phi) is 2.31. The first-order valence-electron chi connectivity index (χ1n) is 6.53. The van der Waals surface area contributed by atoms with Crippen LogP contribution in [0.5, 0.6) is 0 Å². The highest BCUT2D eigenvalue weighted by atomic mass is 14.3. The molecule has 0 aromatic heterocycles. The lowest BCUT2D eigenvalue weighted by atomic mass is 9.87. The normalized spacial score (nSPS) is 23.7. The standard InChI is InChI=1S/C15H20/c1-2-11-7-8-14-9-12-5-3-4-6-13(12)10-15(11)14/h9-11H,2-8H2,1H3. The lowest BCUT2D eigenvalue weighted by molar-refractivity contribution is 0.652. The van der Waals surface area contributed by atoms with Crippen molar-refractivity contribution in [3.8, 4) is 0 Å². The van der Waals surface area contributed by atoms with Gasteiger partial charge in [-0.3, -0.25) is 0 Å². The van der Waals surface area contributed by atoms with Gasteiger partial charge in [-0.25, -0.2) is 0 Å². The van der Waals surface area contributed by atoms with Gasteiger partial charge in [0.1, 0.15) is 0 Å². The first kappa shape index (κ1) is 9.45. The highest BCUT2D eigenvalue weighted by Crippen LogP contribution is 2.38. The first-order chi connectivity index (χ1) is 7.38. The van der Waals surface area contributed by atoms with Crippen molar-refractivity contribution in [1.29, 1.82) is 0 Å². The molecule has 0 heteroatoms. The largest absolute Gasteiger partial charge is 0.0648 e. The van der Waals surface area contributed by atoms with Crippen LogP contribution in [0.15, 0.2) is 12.1 Å². The summed E-state index contributed by atoms with van der Waals surface area (Å²) in [5.41, 5.74) is 6.69. The molecule has 0 bridgehead atoms. The molecule has 15 heavy (non-hydrogen) atoms. The lowest BCUT2D eigenvalue weighted by Gasteiger charge is -2.18. The van der Waals surface area contributed by atoms with Crippen LogP contribution >= 0.6 is 0 Å². The number of benzene rings is 1. The minimum absolute atomic E-state index is 0.868. The van der Waals surface area contributed by atoms with Crippen molar-refractivity contribution in [3.63, 3.8) is 0 Å². The SMILES string of the molecule is CCC1CCc2cc3c(cc21)CCCC3. The minimum Gasteiger partial charge on any atom is -0.0648 e. The van der Waals surface area contributed by atoms with Gasteiger partial charge in [-0.1, -0.05) is 19.1 Å². The second-order valence-corrected chi connectivity index (χ2v) is 5.17. The molecule has 3 rings (SSSR count). The predicted molar refractivity (Wildman–Crippen MR) is 64.4 cm³/mol. The molecule has 0 aliphatic heterocycles. The Labute approximate surface area is 92.7 Å². The third-order valence-corrected chi connectivity index (χ3v) is 4.30. The number of hydrogen-bond acceptors (Lipinski definition) is 0. The van der Waals surface area contributed by atoms with Crippen molar-refractivity contribution >= 4 is 0 Å². The van der Waals surface area contributed by atoms with Crippen molar-refractivity contribution in [3.05, 3.63) is 34.4 Å². The van der Waals surface area contributed by atoms with Crippen LogP contribution in [-0.2, 0) is 19.3 Å². The predicted octanol–water partition coefficient (Wildman–Crippen LogP) is 4.01. The van der Waals surface area contributed by atoms with Crippen molar-refractivity contribution in [2.45, 2.75) is 57.8 Å². The van der Waals surface area contributed by atoms with E-state index in [9.17, 15) is 0 Å². The molecule has 0 spiro atoms. The third kappa shape index (κ3) is 1.51. The Balaban J connectivity index is 2.05. The third-order valence-electron chi connectivity index (χ3n) is 4.30. The quantitative estimate of drug-likeness (QED) is 0.642. The Morgan fingerprint density at radius 3 is 2.47 bits per heavy atom. The van der Waals surface area contributed by atoms with E-state index in [1.165, 1.54) is 44.9 Å². The summed E-state index contributed by atoms with van der Waals surface area (Å²) in [5, 5.41) is 0. The fourth-order valence-electron chi connectivity index (χ4n) is 3.36. The highest BCUT2D eigenvalue weighted by molar-refractivity contribution is 5.44. The van der Waals surface area contributed by atoms with Gasteiger partial charge in [0.15, 0.2) is 0 Å². The smallest absolute Gasteiger partial charge is 0.0159 e. The van der Waals surface area contributed by atoms with E-state index in [4.69, 9.17) is 0 Å². The van der Waals surface area contributed by atoms with Gasteiger partial charge in [0.2, 0.25) is 0 Å². The van der Waals surface area contributed by atoms with Crippen LogP contribution in [0, 0.1) is 0 Å². The maximum Gasteiger partial charge on any atom is -0.0159 e. The number of aryl methyl sites for hydroxylation is 3. The average Bonchev–Trinajstić information content (AvgIpc) is 2.68. The first-order valence-corrected chi connectivity index (χ1v) is 6.53. The van der Waals surface area contributed by atoms with Gasteiger partial charge >= 0.3 is 0 Å². The van der Waals surface area contributed by atoms with Gasteiger partial charge in [-0.2, -0.15) is 0 Å². The van der Waals surface area contributed by atoms with Gasteiger partial charge in [-0.05, 0) is 73.1 Å². The van der Waals surface area contributed by atoms with Crippen molar-refractivity contribution in [2.75, 3.05) is 0 Å². The molecule has 2 aliphatic rings. The topological polar surface area (TPSA) is 0 Å². The van der Waals surface area contributed by atoms with Crippen molar-refractivity contribution < 1.29 is 0 Å². The summed E-state index contributed by atoms with van der Waals surface area (Å²) in [5.74, 6) is 0.868. The van der Waals surface area contributed by atoms with Gasteiger partial charge < -0.3 is 0 Å². The summed E-state index contributed by atoms with van der Waals surface area (Å²) in [7, 11) is 0. The Bertz CT molecular complexity index is 376. The molecule has 1 aromatic carbocycles. The zero-order valence-electron chi connectivity index (χ0n) is 9.68. The molecule has 0 heterocycles. The number of hydrogen-bond donors (Lipinski definition) is 0. The van der Waals surface area contributed by atoms with Gasteiger partial charge in [0.05, 0.1) is 0 Å². The van der Waals surface area contributed by atoms with E-state index in [0.717, 1.165) is 5.92 Å². The van der Waals surface area contributed by atoms with Gasteiger partial charge in [0.25, 0.3) is 0 Å². The molecule has 0 fully saturated rings. The van der Waals surface area contributed by atoms with E-state index >= 15 is 0 Å². The number of fused-ring (bicyclic) bond motifs is 2. The molecule has 0 radical (unpaired) electrons. The maximum atomic E-state index is 2.55. The zero-order valence-corrected chi connectivity index (χ0v) is 9.68. The molecule has 1 unspecified atom stereocenters. The van der Waals surface area contributed by atoms with E-state index in [-0.39, 0.29) is 0 Å². The fourth-order valence-corrected chi connectivity index (χ4v) is 3.36. The molecule has 0 amide bonds. The molecule has 80 valence electrons. The molecule has 1 aromatic rings. The Hall–Kier alpha value is -0.780. The van der Waals surface area contributed by atoms with Crippen LogP contribution in [-0.4, -0.2) is 0 Å². The van der Waals surface area contributed by atoms with Crippen LogP contribution in [0.4, 0.5) is 0 Å². The van der Waals surface area contributed by atoms with Crippen LogP contribution in [0.1, 0.15) is 60.8 Å². The molecular weight excluding hydrogens is 180 g/mol. The maximum absolute atomic E-state index is 2.55. The summed E-state index contributed by atoms with van der Waals surface area (Å²) >= 11 is 0. The lowest BCUT2D eigenvalue weighted by Crippen LogP contribution is -2.04. The molecule has 0 N–H and O–H groups in total. The van der Waals surface area contributed by atoms with Gasteiger partial charge in [-0.15, -0.1) is 0 Å². The Morgan fingerprint density at radius 2 is 1.73 bits per heavy atom. The van der Waals surface area contributed by atoms with Crippen LogP contribution < -0.4 is 0 Å². The summed E-state index contributed by atoms with van der Waals surface area (Å²) in [6, 6.07) is 5.07. The van der Waals surface area contributed by atoms with Gasteiger partial charge in [0, 0.05) is 0 Å². The van der Waals surface area contributed by atoms with Crippen LogP contribution in [0.3, 0.4) is 0 Å². The van der Waals surface area contributed by atoms with Crippen LogP contribution in [0.2, 0.25) is 0 Å². The van der Waals surface area contributed by atoms with E-state index in [2.05, 4.69) is 19.1 Å². The van der Waals surface area contributed by atoms with E-state index in [1.807, 2.05) is 0 Å². The second-order valence-electron chi connectivity index (χ2n) is 5.17. The molecule has 0 saturated carbocycles. The molecular formula is C15H20. The van der Waals surface area contributed by atoms with E-state index < -0.39 is 0 Å². The Morgan fingerprint density at radius 1 is 1.00 bits per heavy atom. The van der Waals surface area contributed by atoms with Crippen LogP contribution in [0.25, 0.3) is 0 Å². The molecule has 1 atom stereocenters. The molecule has 0 nitrogen and oxygen atoms in total. The van der Waals surface area contributed by atoms with E-state index in [0.29, 0.717) is 0 Å². The molecule has 2 aliphatic carbocycles. The zero-order chi connectivity index (χ0) is 10.3. The highest BCUT2D eigenvalue weighted by Gasteiger charge is 2.23. The number of rotatable bonds is 1. The second kappa shape index (κ2) is 3.66. The summed E-state index contributed by atoms with van der Waals surface area (Å²) < 4.78 is 0. The minimum atomic E-state index is 0.868. The average molecular weight is 200 g/mol. The summed E-state index contributed by atoms with van der Waals surface area (Å²) in [6.07, 6.45) is 9.53. The van der Waals surface area contributed by atoms with E-state index in [1.54, 1.807) is 22.3 Å². The summed E-state index contributed by atoms with van der Waals surface area (Å²) in [4.78, 5) is 0. The molecule has 0 saturated heterocycles. The summed E-state index contributed by atoms with van der Waals surface area (Å²) in [6.45, 7) is 2.33. The van der Waals surface area contributed by atoms with Crippen molar-refractivity contribution in [2.24, 2.45) is 0 Å². The van der Waals surface area contributed by atoms with Crippen molar-refractivity contribution in [1.82, 2.24) is 0 Å².